The molecule has 0 radical (unpaired) electrons. The number of pyridine rings is 1. The van der Waals surface area contributed by atoms with E-state index < -0.39 is 5.60 Å². The third-order valence-corrected chi connectivity index (χ3v) is 5.66. The average molecular weight is 409 g/mol. The van der Waals surface area contributed by atoms with Crippen LogP contribution in [0.5, 0.6) is 0 Å². The Bertz CT molecular complexity index is 1070. The topological polar surface area (TPSA) is 84.1 Å². The smallest absolute Gasteiger partial charge is 0.315 e. The number of rotatable bonds is 6. The number of benzene rings is 1. The molecule has 0 aliphatic heterocycles. The summed E-state index contributed by atoms with van der Waals surface area (Å²) in [5, 5.41) is 22.4. The first-order valence-electron chi connectivity index (χ1n) is 10.8. The van der Waals surface area contributed by atoms with Gasteiger partial charge in [0.15, 0.2) is 0 Å². The van der Waals surface area contributed by atoms with Crippen LogP contribution < -0.4 is 5.32 Å². The number of nitrogens with one attached hydrogen (secondary N) is 1. The van der Waals surface area contributed by atoms with E-state index >= 15 is 0 Å². The SMILES string of the molecule is Cc1cc(-c2nnc(NCCC(C)(C)O)o2)nc2c(C(C)(C)C)cc(C3CC3)cc12. The molecule has 2 heterocycles. The van der Waals surface area contributed by atoms with E-state index in [0.29, 0.717) is 36.5 Å². The molecule has 0 spiro atoms. The Labute approximate surface area is 178 Å². The van der Waals surface area contributed by atoms with Crippen LogP contribution in [0.4, 0.5) is 6.01 Å². The van der Waals surface area contributed by atoms with Crippen molar-refractivity contribution in [1.82, 2.24) is 15.2 Å². The van der Waals surface area contributed by atoms with Crippen molar-refractivity contribution in [3.63, 3.8) is 0 Å². The maximum Gasteiger partial charge on any atom is 0.315 e. The van der Waals surface area contributed by atoms with E-state index in [1.807, 2.05) is 6.07 Å². The second kappa shape index (κ2) is 7.34. The highest BCUT2D eigenvalue weighted by Gasteiger charge is 2.28. The van der Waals surface area contributed by atoms with Gasteiger partial charge in [-0.25, -0.2) is 4.98 Å². The number of aromatic nitrogens is 3. The Morgan fingerprint density at radius 3 is 2.47 bits per heavy atom. The van der Waals surface area contributed by atoms with E-state index in [0.717, 1.165) is 11.1 Å². The maximum atomic E-state index is 9.84. The van der Waals surface area contributed by atoms with Crippen molar-refractivity contribution in [2.45, 2.75) is 77.7 Å². The first kappa shape index (κ1) is 20.8. The van der Waals surface area contributed by atoms with Gasteiger partial charge in [-0.1, -0.05) is 31.9 Å². The molecule has 0 bridgehead atoms. The zero-order chi connectivity index (χ0) is 21.7. The predicted octanol–water partition coefficient (Wildman–Crippen LogP) is 5.34. The van der Waals surface area contributed by atoms with E-state index in [9.17, 15) is 5.11 Å². The molecule has 0 unspecified atom stereocenters. The normalized spacial score (nSPS) is 15.0. The monoisotopic (exact) mass is 408 g/mol. The summed E-state index contributed by atoms with van der Waals surface area (Å²) in [6.07, 6.45) is 3.14. The summed E-state index contributed by atoms with van der Waals surface area (Å²) < 4.78 is 5.81. The zero-order valence-corrected chi connectivity index (χ0v) is 18.8. The highest BCUT2D eigenvalue weighted by atomic mass is 16.4. The lowest BCUT2D eigenvalue weighted by Gasteiger charge is -2.23. The molecule has 1 aliphatic carbocycles. The molecule has 30 heavy (non-hydrogen) atoms. The van der Waals surface area contributed by atoms with Gasteiger partial charge < -0.3 is 14.8 Å². The highest BCUT2D eigenvalue weighted by molar-refractivity contribution is 5.88. The summed E-state index contributed by atoms with van der Waals surface area (Å²) in [7, 11) is 0. The Kier molecular flexibility index (Phi) is 5.09. The third-order valence-electron chi connectivity index (χ3n) is 5.66. The van der Waals surface area contributed by atoms with E-state index in [-0.39, 0.29) is 5.41 Å². The molecule has 1 aromatic carbocycles. The van der Waals surface area contributed by atoms with Crippen molar-refractivity contribution in [3.05, 3.63) is 34.9 Å². The number of aliphatic hydroxyl groups is 1. The number of hydrogen-bond donors (Lipinski definition) is 2. The molecule has 0 saturated heterocycles. The molecule has 1 fully saturated rings. The van der Waals surface area contributed by atoms with Crippen LogP contribution in [0, 0.1) is 6.92 Å². The molecule has 1 saturated carbocycles. The maximum absolute atomic E-state index is 9.84. The van der Waals surface area contributed by atoms with Crippen LogP contribution in [0.3, 0.4) is 0 Å². The summed E-state index contributed by atoms with van der Waals surface area (Å²) in [5.41, 5.74) is 4.80. The van der Waals surface area contributed by atoms with Crippen LogP contribution in [0.2, 0.25) is 0 Å². The molecule has 1 aliphatic rings. The molecule has 0 amide bonds. The third kappa shape index (κ3) is 4.48. The van der Waals surface area contributed by atoms with Gasteiger partial charge in [0.05, 0.1) is 11.1 Å². The van der Waals surface area contributed by atoms with Gasteiger partial charge >= 0.3 is 6.01 Å². The van der Waals surface area contributed by atoms with Gasteiger partial charge in [0, 0.05) is 11.9 Å². The van der Waals surface area contributed by atoms with E-state index in [4.69, 9.17) is 9.40 Å². The first-order valence-corrected chi connectivity index (χ1v) is 10.8. The van der Waals surface area contributed by atoms with Crippen molar-refractivity contribution in [1.29, 1.82) is 0 Å². The number of anilines is 1. The Morgan fingerprint density at radius 2 is 1.83 bits per heavy atom. The zero-order valence-electron chi connectivity index (χ0n) is 18.8. The highest BCUT2D eigenvalue weighted by Crippen LogP contribution is 2.44. The summed E-state index contributed by atoms with van der Waals surface area (Å²) in [4.78, 5) is 4.96. The second-order valence-electron chi connectivity index (χ2n) is 10.2. The van der Waals surface area contributed by atoms with Crippen LogP contribution in [0.15, 0.2) is 22.6 Å². The molecule has 160 valence electrons. The van der Waals surface area contributed by atoms with Gasteiger partial charge in [-0.05, 0) is 80.2 Å². The first-order chi connectivity index (χ1) is 14.0. The Balaban J connectivity index is 1.70. The van der Waals surface area contributed by atoms with Crippen molar-refractivity contribution in [2.75, 3.05) is 11.9 Å². The lowest BCUT2D eigenvalue weighted by molar-refractivity contribution is 0.0747. The number of nitrogens with zero attached hydrogens (tertiary/aromatic N) is 3. The van der Waals surface area contributed by atoms with Gasteiger partial charge in [-0.15, -0.1) is 5.10 Å². The number of fused-ring (bicyclic) bond motifs is 1. The summed E-state index contributed by atoms with van der Waals surface area (Å²) in [5.74, 6) is 1.10. The summed E-state index contributed by atoms with van der Waals surface area (Å²) >= 11 is 0. The Morgan fingerprint density at radius 1 is 1.10 bits per heavy atom. The van der Waals surface area contributed by atoms with Crippen LogP contribution in [-0.4, -0.2) is 32.4 Å². The molecule has 2 aromatic heterocycles. The molecule has 2 N–H and O–H groups in total. The summed E-state index contributed by atoms with van der Waals surface area (Å²) in [6.45, 7) is 12.9. The minimum absolute atomic E-state index is 0.0140. The lowest BCUT2D eigenvalue weighted by atomic mass is 9.83. The second-order valence-corrected chi connectivity index (χ2v) is 10.2. The van der Waals surface area contributed by atoms with Gasteiger partial charge in [-0.3, -0.25) is 0 Å². The van der Waals surface area contributed by atoms with Crippen LogP contribution in [0.1, 0.15) is 76.5 Å². The van der Waals surface area contributed by atoms with Gasteiger partial charge in [0.2, 0.25) is 0 Å². The van der Waals surface area contributed by atoms with E-state index in [1.54, 1.807) is 13.8 Å². The van der Waals surface area contributed by atoms with E-state index in [1.165, 1.54) is 29.4 Å². The van der Waals surface area contributed by atoms with Crippen LogP contribution in [-0.2, 0) is 5.41 Å². The van der Waals surface area contributed by atoms with Crippen molar-refractivity contribution >= 4 is 16.9 Å². The van der Waals surface area contributed by atoms with Crippen molar-refractivity contribution in [2.24, 2.45) is 0 Å². The Hall–Kier alpha value is -2.47. The molecule has 4 rings (SSSR count). The minimum Gasteiger partial charge on any atom is -0.402 e. The van der Waals surface area contributed by atoms with Crippen molar-refractivity contribution in [3.8, 4) is 11.6 Å². The minimum atomic E-state index is -0.741. The van der Waals surface area contributed by atoms with Gasteiger partial charge in [0.1, 0.15) is 5.69 Å². The van der Waals surface area contributed by atoms with Gasteiger partial charge in [0.25, 0.3) is 5.89 Å². The molecule has 6 nitrogen and oxygen atoms in total. The number of hydrogen-bond acceptors (Lipinski definition) is 6. The summed E-state index contributed by atoms with van der Waals surface area (Å²) in [6, 6.07) is 7.02. The molecular weight excluding hydrogens is 376 g/mol. The lowest BCUT2D eigenvalue weighted by Crippen LogP contribution is -2.22. The average Bonchev–Trinajstić information content (AvgIpc) is 3.38. The van der Waals surface area contributed by atoms with E-state index in [2.05, 4.69) is 55.3 Å². The molecule has 3 aromatic rings. The van der Waals surface area contributed by atoms with Crippen molar-refractivity contribution < 1.29 is 9.52 Å². The fourth-order valence-electron chi connectivity index (χ4n) is 3.72. The standard InChI is InChI=1S/C24H32N4O2/c1-14-11-19(21-27-28-22(30-21)25-10-9-24(5,6)29)26-20-17(14)12-16(15-7-8-15)13-18(20)23(2,3)4/h11-13,15,29H,7-10H2,1-6H3,(H,25,28). The van der Waals surface area contributed by atoms with Gasteiger partial charge in [-0.2, -0.15) is 0 Å². The van der Waals surface area contributed by atoms with Crippen LogP contribution >= 0.6 is 0 Å². The molecular formula is C24H32N4O2. The molecule has 6 heteroatoms. The fraction of sp³-hybridized carbons (Fsp3) is 0.542. The predicted molar refractivity (Wildman–Crippen MR) is 120 cm³/mol. The quantitative estimate of drug-likeness (QED) is 0.573. The molecule has 0 atom stereocenters. The largest absolute Gasteiger partial charge is 0.402 e. The number of aryl methyl sites for hydroxylation is 1. The fourth-order valence-corrected chi connectivity index (χ4v) is 3.72. The van der Waals surface area contributed by atoms with Crippen LogP contribution in [0.25, 0.3) is 22.5 Å².